The van der Waals surface area contributed by atoms with Crippen molar-refractivity contribution in [3.63, 3.8) is 0 Å². The lowest BCUT2D eigenvalue weighted by atomic mass is 10.1. The Kier molecular flexibility index (Phi) is 1.22. The van der Waals surface area contributed by atoms with Gasteiger partial charge in [-0.1, -0.05) is 17.3 Å². The summed E-state index contributed by atoms with van der Waals surface area (Å²) in [6, 6.07) is 5.30. The fraction of sp³-hybridized carbons (Fsp3) is 0. The second kappa shape index (κ2) is 2.20. The molecule has 0 N–H and O–H groups in total. The maximum atomic E-state index is 10.4. The highest BCUT2D eigenvalue weighted by molar-refractivity contribution is 5.95. The minimum atomic E-state index is 0.615. The third-order valence-electron chi connectivity index (χ3n) is 1.57. The first kappa shape index (κ1) is 6.09. The van der Waals surface area contributed by atoms with Gasteiger partial charge in [0.2, 0.25) is 0 Å². The number of aromatic nitrogens is 1. The summed E-state index contributed by atoms with van der Waals surface area (Å²) in [5.74, 6) is 0. The molecule has 3 heteroatoms. The zero-order chi connectivity index (χ0) is 7.68. The van der Waals surface area contributed by atoms with E-state index in [0.29, 0.717) is 5.56 Å². The smallest absolute Gasteiger partial charge is 0.150 e. The van der Waals surface area contributed by atoms with E-state index < -0.39 is 0 Å². The first-order valence-electron chi connectivity index (χ1n) is 3.20. The van der Waals surface area contributed by atoms with Crippen LogP contribution < -0.4 is 0 Å². The lowest BCUT2D eigenvalue weighted by Gasteiger charge is -1.87. The quantitative estimate of drug-likeness (QED) is 0.576. The number of fused-ring (bicyclic) bond motifs is 1. The van der Waals surface area contributed by atoms with Crippen LogP contribution in [0.25, 0.3) is 10.9 Å². The van der Waals surface area contributed by atoms with Gasteiger partial charge in [-0.2, -0.15) is 0 Å². The molecule has 0 saturated carbocycles. The van der Waals surface area contributed by atoms with Gasteiger partial charge in [-0.3, -0.25) is 4.79 Å². The van der Waals surface area contributed by atoms with Crippen molar-refractivity contribution in [2.24, 2.45) is 0 Å². The number of nitrogens with zero attached hydrogens (tertiary/aromatic N) is 1. The van der Waals surface area contributed by atoms with Crippen molar-refractivity contribution in [1.29, 1.82) is 0 Å². The van der Waals surface area contributed by atoms with E-state index >= 15 is 0 Å². The number of hydrogen-bond donors (Lipinski definition) is 0. The summed E-state index contributed by atoms with van der Waals surface area (Å²) in [6.07, 6.45) is 2.26. The van der Waals surface area contributed by atoms with Gasteiger partial charge in [-0.25, -0.2) is 0 Å². The summed E-state index contributed by atoms with van der Waals surface area (Å²) < 4.78 is 4.70. The fourth-order valence-electron chi connectivity index (χ4n) is 1.02. The molecule has 0 fully saturated rings. The largest absolute Gasteiger partial charge is 0.363 e. The van der Waals surface area contributed by atoms with Crippen molar-refractivity contribution in [2.45, 2.75) is 0 Å². The molecule has 0 aliphatic rings. The van der Waals surface area contributed by atoms with Gasteiger partial charge in [-0.05, 0) is 6.07 Å². The zero-order valence-corrected chi connectivity index (χ0v) is 5.65. The summed E-state index contributed by atoms with van der Waals surface area (Å²) in [6.45, 7) is 0. The SMILES string of the molecule is O=Cc1cccc2nocc12. The molecule has 1 aromatic carbocycles. The lowest BCUT2D eigenvalue weighted by molar-refractivity contribution is 0.112. The maximum absolute atomic E-state index is 10.4. The Morgan fingerprint density at radius 3 is 3.18 bits per heavy atom. The Balaban J connectivity index is 2.88. The Morgan fingerprint density at radius 1 is 1.45 bits per heavy atom. The van der Waals surface area contributed by atoms with Crippen molar-refractivity contribution in [1.82, 2.24) is 5.16 Å². The van der Waals surface area contributed by atoms with Crippen LogP contribution in [0.2, 0.25) is 0 Å². The molecule has 3 nitrogen and oxygen atoms in total. The van der Waals surface area contributed by atoms with E-state index in [1.165, 1.54) is 6.26 Å². The molecule has 2 aromatic rings. The number of rotatable bonds is 1. The van der Waals surface area contributed by atoms with E-state index in [1.54, 1.807) is 18.2 Å². The summed E-state index contributed by atoms with van der Waals surface area (Å²) in [5, 5.41) is 4.46. The molecule has 11 heavy (non-hydrogen) atoms. The topological polar surface area (TPSA) is 43.1 Å². The predicted molar refractivity (Wildman–Crippen MR) is 39.4 cm³/mol. The maximum Gasteiger partial charge on any atom is 0.150 e. The van der Waals surface area contributed by atoms with E-state index in [9.17, 15) is 4.79 Å². The number of carbonyl (C=O) groups excluding carboxylic acids is 1. The second-order valence-electron chi connectivity index (χ2n) is 2.21. The van der Waals surface area contributed by atoms with Gasteiger partial charge < -0.3 is 4.52 Å². The van der Waals surface area contributed by atoms with Crippen molar-refractivity contribution in [3.05, 3.63) is 30.0 Å². The van der Waals surface area contributed by atoms with Gasteiger partial charge in [0.1, 0.15) is 11.8 Å². The molecular formula is C8H5NO2. The fourth-order valence-corrected chi connectivity index (χ4v) is 1.02. The molecule has 54 valence electrons. The standard InChI is InChI=1S/C8H5NO2/c10-4-6-2-1-3-8-7(6)5-11-9-8/h1-5H. The molecule has 0 amide bonds. The van der Waals surface area contributed by atoms with Gasteiger partial charge in [0, 0.05) is 5.56 Å². The van der Waals surface area contributed by atoms with Gasteiger partial charge in [0.15, 0.2) is 6.29 Å². The zero-order valence-electron chi connectivity index (χ0n) is 5.65. The highest BCUT2D eigenvalue weighted by atomic mass is 16.5. The minimum absolute atomic E-state index is 0.615. The predicted octanol–water partition coefficient (Wildman–Crippen LogP) is 1.64. The van der Waals surface area contributed by atoms with Crippen LogP contribution in [-0.2, 0) is 0 Å². The van der Waals surface area contributed by atoms with Crippen LogP contribution in [0.1, 0.15) is 10.4 Å². The Morgan fingerprint density at radius 2 is 2.36 bits per heavy atom. The van der Waals surface area contributed by atoms with Gasteiger partial charge in [0.05, 0.1) is 5.39 Å². The van der Waals surface area contributed by atoms with Crippen LogP contribution >= 0.6 is 0 Å². The van der Waals surface area contributed by atoms with Gasteiger partial charge >= 0.3 is 0 Å². The first-order valence-corrected chi connectivity index (χ1v) is 3.20. The molecule has 0 spiro atoms. The van der Waals surface area contributed by atoms with Crippen LogP contribution in [0.3, 0.4) is 0 Å². The molecule has 0 bridgehead atoms. The summed E-state index contributed by atoms with van der Waals surface area (Å²) in [4.78, 5) is 10.4. The average molecular weight is 147 g/mol. The molecule has 0 saturated heterocycles. The molecule has 0 aliphatic carbocycles. The van der Waals surface area contributed by atoms with Crippen molar-refractivity contribution >= 4 is 17.2 Å². The number of benzene rings is 1. The van der Waals surface area contributed by atoms with Crippen LogP contribution in [0.5, 0.6) is 0 Å². The van der Waals surface area contributed by atoms with Crippen LogP contribution in [0.15, 0.2) is 29.0 Å². The van der Waals surface area contributed by atoms with Crippen LogP contribution in [0.4, 0.5) is 0 Å². The van der Waals surface area contributed by atoms with Crippen LogP contribution in [0, 0.1) is 0 Å². The summed E-state index contributed by atoms with van der Waals surface area (Å²) >= 11 is 0. The molecule has 0 radical (unpaired) electrons. The van der Waals surface area contributed by atoms with Gasteiger partial charge in [0.25, 0.3) is 0 Å². The van der Waals surface area contributed by atoms with Crippen molar-refractivity contribution < 1.29 is 9.32 Å². The van der Waals surface area contributed by atoms with E-state index in [-0.39, 0.29) is 0 Å². The van der Waals surface area contributed by atoms with E-state index in [2.05, 4.69) is 5.16 Å². The number of aldehydes is 1. The number of hydrogen-bond acceptors (Lipinski definition) is 3. The highest BCUT2D eigenvalue weighted by Crippen LogP contribution is 2.14. The average Bonchev–Trinajstić information content (AvgIpc) is 2.50. The van der Waals surface area contributed by atoms with E-state index in [4.69, 9.17) is 4.52 Å². The van der Waals surface area contributed by atoms with Crippen molar-refractivity contribution in [3.8, 4) is 0 Å². The normalized spacial score (nSPS) is 10.2. The number of carbonyl (C=O) groups is 1. The Hall–Kier alpha value is -1.64. The lowest BCUT2D eigenvalue weighted by Crippen LogP contribution is -1.78. The van der Waals surface area contributed by atoms with E-state index in [0.717, 1.165) is 17.2 Å². The third kappa shape index (κ3) is 0.816. The molecule has 0 unspecified atom stereocenters. The Labute approximate surface area is 62.6 Å². The second-order valence-corrected chi connectivity index (χ2v) is 2.21. The molecule has 0 atom stereocenters. The minimum Gasteiger partial charge on any atom is -0.363 e. The summed E-state index contributed by atoms with van der Waals surface area (Å²) in [7, 11) is 0. The highest BCUT2D eigenvalue weighted by Gasteiger charge is 2.01. The molecule has 1 aromatic heterocycles. The monoisotopic (exact) mass is 147 g/mol. The third-order valence-corrected chi connectivity index (χ3v) is 1.57. The molecular weight excluding hydrogens is 142 g/mol. The molecule has 2 rings (SSSR count). The Bertz CT molecular complexity index is 392. The van der Waals surface area contributed by atoms with Crippen molar-refractivity contribution in [2.75, 3.05) is 0 Å². The van der Waals surface area contributed by atoms with E-state index in [1.807, 2.05) is 0 Å². The van der Waals surface area contributed by atoms with Gasteiger partial charge in [-0.15, -0.1) is 0 Å². The molecule has 1 heterocycles. The molecule has 0 aliphatic heterocycles. The first-order chi connectivity index (χ1) is 5.42. The van der Waals surface area contributed by atoms with Crippen LogP contribution in [-0.4, -0.2) is 11.4 Å². The summed E-state index contributed by atoms with van der Waals surface area (Å²) in [5.41, 5.74) is 1.33.